The summed E-state index contributed by atoms with van der Waals surface area (Å²) >= 11 is 0. The molecule has 118 valence electrons. The highest BCUT2D eigenvalue weighted by atomic mass is 32.2. The van der Waals surface area contributed by atoms with Gasteiger partial charge in [0.1, 0.15) is 0 Å². The summed E-state index contributed by atoms with van der Waals surface area (Å²) in [4.78, 5) is 4.19. The van der Waals surface area contributed by atoms with Gasteiger partial charge in [0, 0.05) is 32.4 Å². The lowest BCUT2D eigenvalue weighted by molar-refractivity contribution is 0.160. The Labute approximate surface area is 126 Å². The first kappa shape index (κ1) is 16.4. The van der Waals surface area contributed by atoms with Gasteiger partial charge < -0.3 is 5.11 Å². The van der Waals surface area contributed by atoms with E-state index in [1.165, 1.54) is 8.61 Å². The fraction of sp³-hybridized carbons (Fsp3) is 0.643. The molecular weight excluding hydrogens is 290 g/mol. The first-order valence-corrected chi connectivity index (χ1v) is 8.73. The number of aliphatic hydroxyl groups is 1. The van der Waals surface area contributed by atoms with E-state index in [-0.39, 0.29) is 19.1 Å². The van der Waals surface area contributed by atoms with Crippen LogP contribution in [0, 0.1) is 5.92 Å². The molecule has 0 bridgehead atoms. The van der Waals surface area contributed by atoms with E-state index < -0.39 is 10.2 Å². The molecule has 1 aromatic heterocycles. The molecule has 2 heterocycles. The summed E-state index contributed by atoms with van der Waals surface area (Å²) in [6.07, 6.45) is 3.35. The lowest BCUT2D eigenvalue weighted by Crippen LogP contribution is -2.48. The molecule has 6 nitrogen and oxygen atoms in total. The van der Waals surface area contributed by atoms with Gasteiger partial charge in [-0.3, -0.25) is 4.98 Å². The number of hydrogen-bond donors (Lipinski definition) is 1. The van der Waals surface area contributed by atoms with Gasteiger partial charge in [-0.15, -0.1) is 0 Å². The van der Waals surface area contributed by atoms with E-state index >= 15 is 0 Å². The van der Waals surface area contributed by atoms with Gasteiger partial charge >= 0.3 is 0 Å². The molecule has 1 aliphatic heterocycles. The van der Waals surface area contributed by atoms with Crippen LogP contribution in [0.4, 0.5) is 0 Å². The van der Waals surface area contributed by atoms with Crippen molar-refractivity contribution in [2.24, 2.45) is 5.92 Å². The van der Waals surface area contributed by atoms with Crippen molar-refractivity contribution in [3.8, 4) is 0 Å². The number of nitrogens with zero attached hydrogens (tertiary/aromatic N) is 3. The predicted molar refractivity (Wildman–Crippen MR) is 80.6 cm³/mol. The zero-order chi connectivity index (χ0) is 15.3. The Bertz CT molecular complexity index is 536. The van der Waals surface area contributed by atoms with Crippen LogP contribution in [0.1, 0.15) is 25.5 Å². The second-order valence-electron chi connectivity index (χ2n) is 5.30. The van der Waals surface area contributed by atoms with Crippen LogP contribution in [0.2, 0.25) is 0 Å². The molecule has 1 atom stereocenters. The largest absolute Gasteiger partial charge is 0.396 e. The van der Waals surface area contributed by atoms with E-state index in [0.717, 1.165) is 18.5 Å². The zero-order valence-corrected chi connectivity index (χ0v) is 13.2. The maximum Gasteiger partial charge on any atom is 0.282 e. The van der Waals surface area contributed by atoms with Crippen molar-refractivity contribution in [3.63, 3.8) is 0 Å². The molecule has 2 rings (SSSR count). The zero-order valence-electron chi connectivity index (χ0n) is 12.4. The summed E-state index contributed by atoms with van der Waals surface area (Å²) in [5.74, 6) is 0.0436. The SMILES string of the molecule is CCN(Cc1ccccn1)S(=O)(=O)N1CCCC(CO)C1. The van der Waals surface area contributed by atoms with Gasteiger partial charge in [-0.25, -0.2) is 0 Å². The molecule has 1 fully saturated rings. The van der Waals surface area contributed by atoms with Crippen molar-refractivity contribution < 1.29 is 13.5 Å². The second kappa shape index (κ2) is 7.31. The van der Waals surface area contributed by atoms with E-state index in [2.05, 4.69) is 4.98 Å². The lowest BCUT2D eigenvalue weighted by Gasteiger charge is -2.34. The van der Waals surface area contributed by atoms with Gasteiger partial charge in [-0.2, -0.15) is 17.0 Å². The number of hydrogen-bond acceptors (Lipinski definition) is 4. The quantitative estimate of drug-likeness (QED) is 0.845. The summed E-state index contributed by atoms with van der Waals surface area (Å²) in [7, 11) is -3.50. The summed E-state index contributed by atoms with van der Waals surface area (Å²) in [5.41, 5.74) is 0.735. The van der Waals surface area contributed by atoms with Crippen LogP contribution in [0.25, 0.3) is 0 Å². The maximum atomic E-state index is 12.7. The van der Waals surface area contributed by atoms with Gasteiger partial charge in [0.05, 0.1) is 12.2 Å². The van der Waals surface area contributed by atoms with Crippen LogP contribution in [0.5, 0.6) is 0 Å². The molecule has 0 aliphatic carbocycles. The Morgan fingerprint density at radius 3 is 2.90 bits per heavy atom. The van der Waals surface area contributed by atoms with Crippen LogP contribution >= 0.6 is 0 Å². The molecule has 0 amide bonds. The highest BCUT2D eigenvalue weighted by molar-refractivity contribution is 7.86. The fourth-order valence-electron chi connectivity index (χ4n) is 2.58. The molecule has 1 N–H and O–H groups in total. The first-order valence-electron chi connectivity index (χ1n) is 7.34. The molecule has 7 heteroatoms. The van der Waals surface area contributed by atoms with E-state index in [1.54, 1.807) is 6.20 Å². The molecule has 1 aromatic rings. The summed E-state index contributed by atoms with van der Waals surface area (Å²) in [6, 6.07) is 5.49. The van der Waals surface area contributed by atoms with Gasteiger partial charge in [0.15, 0.2) is 0 Å². The normalized spacial score (nSPS) is 20.8. The second-order valence-corrected chi connectivity index (χ2v) is 7.23. The Morgan fingerprint density at radius 2 is 2.29 bits per heavy atom. The van der Waals surface area contributed by atoms with Gasteiger partial charge in [0.25, 0.3) is 10.2 Å². The number of piperidine rings is 1. The van der Waals surface area contributed by atoms with Crippen LogP contribution in [-0.2, 0) is 16.8 Å². The average molecular weight is 313 g/mol. The minimum absolute atomic E-state index is 0.0401. The van der Waals surface area contributed by atoms with Crippen LogP contribution < -0.4 is 0 Å². The molecule has 0 saturated carbocycles. The van der Waals surface area contributed by atoms with E-state index in [9.17, 15) is 13.5 Å². The summed E-state index contributed by atoms with van der Waals surface area (Å²) in [6.45, 7) is 3.47. The number of aromatic nitrogens is 1. The fourth-order valence-corrected chi connectivity index (χ4v) is 4.28. The van der Waals surface area contributed by atoms with Gasteiger partial charge in [-0.1, -0.05) is 13.0 Å². The average Bonchev–Trinajstić information content (AvgIpc) is 2.53. The minimum atomic E-state index is -3.50. The molecule has 1 unspecified atom stereocenters. The van der Waals surface area contributed by atoms with Gasteiger partial charge in [-0.05, 0) is 30.9 Å². The topological polar surface area (TPSA) is 73.7 Å². The molecule has 1 saturated heterocycles. The minimum Gasteiger partial charge on any atom is -0.396 e. The van der Waals surface area contributed by atoms with Crippen LogP contribution in [0.15, 0.2) is 24.4 Å². The number of pyridine rings is 1. The standard InChI is InChI=1S/C14H23N3O3S/c1-2-16(11-14-7-3-4-8-15-14)21(19,20)17-9-5-6-13(10-17)12-18/h3-4,7-8,13,18H,2,5-6,9-12H2,1H3. The maximum absolute atomic E-state index is 12.7. The van der Waals surface area contributed by atoms with Crippen molar-refractivity contribution in [2.45, 2.75) is 26.3 Å². The summed E-state index contributed by atoms with van der Waals surface area (Å²) < 4.78 is 28.4. The Hall–Kier alpha value is -1.02. The van der Waals surface area contributed by atoms with Crippen molar-refractivity contribution in [3.05, 3.63) is 30.1 Å². The van der Waals surface area contributed by atoms with Crippen molar-refractivity contribution >= 4 is 10.2 Å². The Kier molecular flexibility index (Phi) is 5.69. The highest BCUT2D eigenvalue weighted by Gasteiger charge is 2.32. The Balaban J connectivity index is 2.12. The predicted octanol–water partition coefficient (Wildman–Crippen LogP) is 0.853. The molecule has 0 spiro atoms. The van der Waals surface area contributed by atoms with E-state index in [1.807, 2.05) is 25.1 Å². The Morgan fingerprint density at radius 1 is 1.48 bits per heavy atom. The molecule has 0 aromatic carbocycles. The molecular formula is C14H23N3O3S. The molecule has 0 radical (unpaired) electrons. The summed E-state index contributed by atoms with van der Waals surface area (Å²) in [5, 5.41) is 9.26. The van der Waals surface area contributed by atoms with Crippen molar-refractivity contribution in [1.29, 1.82) is 0 Å². The van der Waals surface area contributed by atoms with Crippen molar-refractivity contribution in [2.75, 3.05) is 26.2 Å². The monoisotopic (exact) mass is 313 g/mol. The van der Waals surface area contributed by atoms with Crippen LogP contribution in [0.3, 0.4) is 0 Å². The molecule has 1 aliphatic rings. The van der Waals surface area contributed by atoms with Gasteiger partial charge in [0.2, 0.25) is 0 Å². The van der Waals surface area contributed by atoms with Crippen molar-refractivity contribution in [1.82, 2.24) is 13.6 Å². The van der Waals surface area contributed by atoms with Crippen LogP contribution in [-0.4, -0.2) is 53.4 Å². The third kappa shape index (κ3) is 4.00. The number of rotatable bonds is 6. The van der Waals surface area contributed by atoms with E-state index in [0.29, 0.717) is 19.6 Å². The third-order valence-electron chi connectivity index (χ3n) is 3.81. The first-order chi connectivity index (χ1) is 10.1. The number of aliphatic hydroxyl groups excluding tert-OH is 1. The van der Waals surface area contributed by atoms with E-state index in [4.69, 9.17) is 0 Å². The third-order valence-corrected chi connectivity index (χ3v) is 5.83. The molecule has 21 heavy (non-hydrogen) atoms. The lowest BCUT2D eigenvalue weighted by atomic mass is 10.0. The smallest absolute Gasteiger partial charge is 0.282 e. The highest BCUT2D eigenvalue weighted by Crippen LogP contribution is 2.21.